The Morgan fingerprint density at radius 2 is 0.900 bits per heavy atom. The molecule has 1 rings (SSSR count). The molecule has 0 fully saturated rings. The van der Waals surface area contributed by atoms with Gasteiger partial charge in [0, 0.05) is 0 Å². The molecule has 0 amide bonds. The van der Waals surface area contributed by atoms with Crippen molar-refractivity contribution in [3.05, 3.63) is 24.3 Å². The van der Waals surface area contributed by atoms with E-state index in [-0.39, 0.29) is 0 Å². The quantitative estimate of drug-likeness (QED) is 0.447. The second-order valence-electron chi connectivity index (χ2n) is 2.80. The van der Waals surface area contributed by atoms with Gasteiger partial charge in [-0.15, -0.1) is 0 Å². The van der Waals surface area contributed by atoms with Crippen LogP contribution in [0.25, 0.3) is 0 Å². The zero-order chi connectivity index (χ0) is 7.07. The Hall–Kier alpha value is -0.520. The summed E-state index contributed by atoms with van der Waals surface area (Å²) in [6.45, 7) is 0. The van der Waals surface area contributed by atoms with E-state index in [4.69, 9.17) is 0 Å². The molecule has 0 heteroatoms. The molecule has 0 unspecified atom stereocenters. The minimum absolute atomic E-state index is 1.23. The molecule has 0 heterocycles. The van der Waals surface area contributed by atoms with Crippen molar-refractivity contribution in [3.63, 3.8) is 0 Å². The molecule has 1 aliphatic rings. The average molecular weight is 136 g/mol. The van der Waals surface area contributed by atoms with Crippen molar-refractivity contribution in [2.45, 2.75) is 38.5 Å². The van der Waals surface area contributed by atoms with Gasteiger partial charge >= 0.3 is 0 Å². The largest absolute Gasteiger partial charge is 0.0885 e. The van der Waals surface area contributed by atoms with Crippen LogP contribution in [0.3, 0.4) is 0 Å². The summed E-state index contributed by atoms with van der Waals surface area (Å²) in [4.78, 5) is 0. The fourth-order valence-electron chi connectivity index (χ4n) is 1.19. The fourth-order valence-corrected chi connectivity index (χ4v) is 1.19. The summed E-state index contributed by atoms with van der Waals surface area (Å²) in [7, 11) is 0. The van der Waals surface area contributed by atoms with E-state index < -0.39 is 0 Å². The molecule has 0 atom stereocenters. The SMILES string of the molecule is C1=C/CCCC/C=C/CC/1. The molecule has 0 spiro atoms. The second-order valence-corrected chi connectivity index (χ2v) is 2.80. The van der Waals surface area contributed by atoms with E-state index in [2.05, 4.69) is 24.3 Å². The second kappa shape index (κ2) is 5.28. The summed E-state index contributed by atoms with van der Waals surface area (Å²) < 4.78 is 0. The molecule has 1 aliphatic carbocycles. The smallest absolute Gasteiger partial charge is 0.0316 e. The van der Waals surface area contributed by atoms with E-state index in [0.29, 0.717) is 0 Å². The average Bonchev–Trinajstić information content (AvgIpc) is 2.01. The Balaban J connectivity index is 2.23. The fraction of sp³-hybridized carbons (Fsp3) is 0.600. The molecule has 0 saturated heterocycles. The third-order valence-electron chi connectivity index (χ3n) is 1.82. The highest BCUT2D eigenvalue weighted by Crippen LogP contribution is 2.05. The van der Waals surface area contributed by atoms with Crippen molar-refractivity contribution >= 4 is 0 Å². The summed E-state index contributed by atoms with van der Waals surface area (Å²) in [5.41, 5.74) is 0. The highest BCUT2D eigenvalue weighted by atomic mass is 13.9. The van der Waals surface area contributed by atoms with E-state index >= 15 is 0 Å². The van der Waals surface area contributed by atoms with Gasteiger partial charge in [-0.25, -0.2) is 0 Å². The Morgan fingerprint density at radius 1 is 0.500 bits per heavy atom. The predicted octanol–water partition coefficient (Wildman–Crippen LogP) is 3.45. The van der Waals surface area contributed by atoms with E-state index in [1.807, 2.05) is 0 Å². The van der Waals surface area contributed by atoms with Crippen LogP contribution in [0.15, 0.2) is 24.3 Å². The van der Waals surface area contributed by atoms with Gasteiger partial charge < -0.3 is 0 Å². The first-order valence-electron chi connectivity index (χ1n) is 4.30. The van der Waals surface area contributed by atoms with E-state index in [0.717, 1.165) is 0 Å². The molecule has 0 saturated carbocycles. The minimum Gasteiger partial charge on any atom is -0.0885 e. The molecule has 0 radical (unpaired) electrons. The van der Waals surface area contributed by atoms with Crippen LogP contribution < -0.4 is 0 Å². The third-order valence-corrected chi connectivity index (χ3v) is 1.82. The Morgan fingerprint density at radius 3 is 1.40 bits per heavy atom. The number of hydrogen-bond acceptors (Lipinski definition) is 0. The van der Waals surface area contributed by atoms with E-state index in [1.165, 1.54) is 38.5 Å². The molecule has 0 aromatic heterocycles. The van der Waals surface area contributed by atoms with Crippen molar-refractivity contribution in [1.29, 1.82) is 0 Å². The highest BCUT2D eigenvalue weighted by molar-refractivity contribution is 4.89. The lowest BCUT2D eigenvalue weighted by molar-refractivity contribution is 0.754. The zero-order valence-corrected chi connectivity index (χ0v) is 6.55. The molecular formula is C10H16. The van der Waals surface area contributed by atoms with E-state index in [1.54, 1.807) is 0 Å². The molecular weight excluding hydrogens is 120 g/mol. The monoisotopic (exact) mass is 136 g/mol. The van der Waals surface area contributed by atoms with Crippen molar-refractivity contribution in [2.75, 3.05) is 0 Å². The number of hydrogen-bond donors (Lipinski definition) is 0. The number of allylic oxidation sites excluding steroid dienone is 4. The van der Waals surface area contributed by atoms with Crippen molar-refractivity contribution < 1.29 is 0 Å². The van der Waals surface area contributed by atoms with Gasteiger partial charge in [0.05, 0.1) is 0 Å². The zero-order valence-electron chi connectivity index (χ0n) is 6.55. The van der Waals surface area contributed by atoms with Crippen LogP contribution in [-0.4, -0.2) is 0 Å². The van der Waals surface area contributed by atoms with E-state index in [9.17, 15) is 0 Å². The summed E-state index contributed by atoms with van der Waals surface area (Å²) in [5, 5.41) is 0. The lowest BCUT2D eigenvalue weighted by Gasteiger charge is -1.95. The summed E-state index contributed by atoms with van der Waals surface area (Å²) in [5.74, 6) is 0. The normalized spacial score (nSPS) is 27.2. The molecule has 0 aromatic carbocycles. The number of rotatable bonds is 0. The van der Waals surface area contributed by atoms with Crippen LogP contribution in [0.5, 0.6) is 0 Å². The van der Waals surface area contributed by atoms with Gasteiger partial charge in [0.15, 0.2) is 0 Å². The minimum atomic E-state index is 1.23. The van der Waals surface area contributed by atoms with Crippen molar-refractivity contribution in [2.24, 2.45) is 0 Å². The van der Waals surface area contributed by atoms with Gasteiger partial charge in [0.1, 0.15) is 0 Å². The van der Waals surface area contributed by atoms with Crippen LogP contribution in [0, 0.1) is 0 Å². The maximum atomic E-state index is 2.32. The molecule has 10 heavy (non-hydrogen) atoms. The Kier molecular flexibility index (Phi) is 4.00. The standard InChI is InChI=1S/C10H16/c1-2-4-6-8-10-9-7-5-3-1/h1-2,7,9H,3-6,8,10H2/b2-1+,9-7+. The van der Waals surface area contributed by atoms with Gasteiger partial charge in [-0.3, -0.25) is 0 Å². The lowest BCUT2D eigenvalue weighted by atomic mass is 10.1. The first kappa shape index (κ1) is 7.59. The van der Waals surface area contributed by atoms with Gasteiger partial charge in [-0.1, -0.05) is 24.3 Å². The van der Waals surface area contributed by atoms with Crippen LogP contribution in [0.4, 0.5) is 0 Å². The van der Waals surface area contributed by atoms with Gasteiger partial charge in [-0.2, -0.15) is 0 Å². The summed E-state index contributed by atoms with van der Waals surface area (Å²) in [6, 6.07) is 0. The molecule has 56 valence electrons. The van der Waals surface area contributed by atoms with Crippen LogP contribution >= 0.6 is 0 Å². The van der Waals surface area contributed by atoms with Gasteiger partial charge in [-0.05, 0) is 38.5 Å². The first-order valence-corrected chi connectivity index (χ1v) is 4.30. The molecule has 0 aliphatic heterocycles. The highest BCUT2D eigenvalue weighted by Gasteiger charge is 1.85. The summed E-state index contributed by atoms with van der Waals surface area (Å²) >= 11 is 0. The predicted molar refractivity (Wildman–Crippen MR) is 46.0 cm³/mol. The molecule has 0 aromatic rings. The lowest BCUT2D eigenvalue weighted by Crippen LogP contribution is -1.75. The first-order chi connectivity index (χ1) is 5.00. The van der Waals surface area contributed by atoms with Crippen LogP contribution in [-0.2, 0) is 0 Å². The topological polar surface area (TPSA) is 0 Å². The maximum absolute atomic E-state index is 2.32. The summed E-state index contributed by atoms with van der Waals surface area (Å²) in [6.07, 6.45) is 17.0. The molecule has 0 N–H and O–H groups in total. The van der Waals surface area contributed by atoms with Crippen molar-refractivity contribution in [3.8, 4) is 0 Å². The van der Waals surface area contributed by atoms with Crippen molar-refractivity contribution in [1.82, 2.24) is 0 Å². The van der Waals surface area contributed by atoms with Gasteiger partial charge in [0.25, 0.3) is 0 Å². The van der Waals surface area contributed by atoms with Crippen LogP contribution in [0.1, 0.15) is 38.5 Å². The van der Waals surface area contributed by atoms with Gasteiger partial charge in [0.2, 0.25) is 0 Å². The Labute approximate surface area is 63.6 Å². The molecule has 0 nitrogen and oxygen atoms in total. The Bertz CT molecular complexity index is 104. The third kappa shape index (κ3) is 3.49. The molecule has 0 bridgehead atoms. The maximum Gasteiger partial charge on any atom is -0.0316 e. The van der Waals surface area contributed by atoms with Crippen LogP contribution in [0.2, 0.25) is 0 Å².